The molecule has 0 bridgehead atoms. The summed E-state index contributed by atoms with van der Waals surface area (Å²) in [6, 6.07) is 8.28. The molecule has 0 aliphatic carbocycles. The fourth-order valence-electron chi connectivity index (χ4n) is 0.660. The second-order valence-corrected chi connectivity index (χ2v) is 3.94. The van der Waals surface area contributed by atoms with Crippen LogP contribution in [0.25, 0.3) is 0 Å². The molecule has 58 valence electrons. The van der Waals surface area contributed by atoms with Crippen molar-refractivity contribution in [2.75, 3.05) is 0 Å². The molecule has 0 heterocycles. The number of hydrogen-bond donors (Lipinski definition) is 0. The van der Waals surface area contributed by atoms with Crippen LogP contribution in [0.15, 0.2) is 45.1 Å². The van der Waals surface area contributed by atoms with Crippen LogP contribution in [0.1, 0.15) is 6.92 Å². The van der Waals surface area contributed by atoms with Crippen LogP contribution in [-0.4, -0.2) is 0 Å². The minimum atomic E-state index is 1.13. The molecule has 0 unspecified atom stereocenters. The maximum atomic E-state index is 3.39. The van der Waals surface area contributed by atoms with Crippen molar-refractivity contribution < 1.29 is 0 Å². The average Bonchev–Trinajstić information content (AvgIpc) is 2.04. The van der Waals surface area contributed by atoms with Crippen LogP contribution in [-0.2, 0) is 0 Å². The van der Waals surface area contributed by atoms with Crippen LogP contribution in [0, 0.1) is 0 Å². The van der Waals surface area contributed by atoms with Gasteiger partial charge in [0.1, 0.15) is 0 Å². The summed E-state index contributed by atoms with van der Waals surface area (Å²) in [7, 11) is 0. The zero-order chi connectivity index (χ0) is 8.10. The van der Waals surface area contributed by atoms with E-state index in [-0.39, 0.29) is 0 Å². The Hall–Kier alpha value is -0.210. The molecule has 0 radical (unpaired) electrons. The number of halogens is 1. The van der Waals surface area contributed by atoms with Crippen LogP contribution >= 0.6 is 27.7 Å². The monoisotopic (exact) mass is 228 g/mol. The Kier molecular flexibility index (Phi) is 3.73. The molecular weight excluding hydrogens is 220 g/mol. The number of allylic oxidation sites excluding steroid dienone is 1. The molecule has 0 fully saturated rings. The van der Waals surface area contributed by atoms with Crippen molar-refractivity contribution in [2.24, 2.45) is 0 Å². The highest BCUT2D eigenvalue weighted by molar-refractivity contribution is 9.10. The minimum Gasteiger partial charge on any atom is -0.0984 e. The van der Waals surface area contributed by atoms with Crippen molar-refractivity contribution in [3.05, 3.63) is 40.2 Å². The maximum absolute atomic E-state index is 3.39. The Balaban J connectivity index is 2.66. The number of rotatable bonds is 2. The highest BCUT2D eigenvalue weighted by Crippen LogP contribution is 2.20. The number of thioether (sulfide) groups is 1. The first-order valence-corrected chi connectivity index (χ1v) is 5.03. The molecule has 2 heteroatoms. The average molecular weight is 229 g/mol. The van der Waals surface area contributed by atoms with Crippen molar-refractivity contribution >= 4 is 27.7 Å². The summed E-state index contributed by atoms with van der Waals surface area (Å²) in [6.07, 6.45) is 2.03. The SMILES string of the molecule is C/C=C/Sc1ccc(Br)cc1. The van der Waals surface area contributed by atoms with E-state index in [0.29, 0.717) is 0 Å². The first kappa shape index (κ1) is 8.88. The van der Waals surface area contributed by atoms with Gasteiger partial charge in [-0.15, -0.1) is 0 Å². The minimum absolute atomic E-state index is 1.13. The summed E-state index contributed by atoms with van der Waals surface area (Å²) >= 11 is 5.11. The third-order valence-corrected chi connectivity index (χ3v) is 2.64. The molecule has 11 heavy (non-hydrogen) atoms. The molecule has 0 atom stereocenters. The van der Waals surface area contributed by atoms with Crippen molar-refractivity contribution in [2.45, 2.75) is 11.8 Å². The largest absolute Gasteiger partial charge is 0.0984 e. The predicted octanol–water partition coefficient (Wildman–Crippen LogP) is 4.07. The maximum Gasteiger partial charge on any atom is 0.0176 e. The van der Waals surface area contributed by atoms with E-state index in [1.807, 2.05) is 25.1 Å². The lowest BCUT2D eigenvalue weighted by molar-refractivity contribution is 1.45. The predicted molar refractivity (Wildman–Crippen MR) is 54.8 cm³/mol. The van der Waals surface area contributed by atoms with E-state index in [2.05, 4.69) is 33.5 Å². The van der Waals surface area contributed by atoms with E-state index in [1.54, 1.807) is 11.8 Å². The van der Waals surface area contributed by atoms with E-state index < -0.39 is 0 Å². The first-order chi connectivity index (χ1) is 5.33. The van der Waals surface area contributed by atoms with Gasteiger partial charge in [0.2, 0.25) is 0 Å². The summed E-state index contributed by atoms with van der Waals surface area (Å²) in [5.41, 5.74) is 0. The smallest absolute Gasteiger partial charge is 0.0176 e. The summed E-state index contributed by atoms with van der Waals surface area (Å²) < 4.78 is 1.13. The second-order valence-electron chi connectivity index (χ2n) is 2.04. The molecule has 1 rings (SSSR count). The Morgan fingerprint density at radius 3 is 2.45 bits per heavy atom. The van der Waals surface area contributed by atoms with Crippen LogP contribution in [0.4, 0.5) is 0 Å². The Morgan fingerprint density at radius 2 is 1.91 bits per heavy atom. The molecule has 1 aromatic carbocycles. The number of hydrogen-bond acceptors (Lipinski definition) is 1. The van der Waals surface area contributed by atoms with Crippen LogP contribution < -0.4 is 0 Å². The van der Waals surface area contributed by atoms with E-state index in [4.69, 9.17) is 0 Å². The van der Waals surface area contributed by atoms with E-state index in [0.717, 1.165) is 4.47 Å². The molecule has 0 spiro atoms. The fraction of sp³-hybridized carbons (Fsp3) is 0.111. The molecule has 0 saturated heterocycles. The normalized spacial score (nSPS) is 10.7. The molecule has 0 aliphatic heterocycles. The Morgan fingerprint density at radius 1 is 1.27 bits per heavy atom. The third-order valence-electron chi connectivity index (χ3n) is 1.15. The quantitative estimate of drug-likeness (QED) is 0.688. The van der Waals surface area contributed by atoms with Gasteiger partial charge in [-0.2, -0.15) is 0 Å². The van der Waals surface area contributed by atoms with E-state index >= 15 is 0 Å². The van der Waals surface area contributed by atoms with E-state index in [1.165, 1.54) is 4.90 Å². The van der Waals surface area contributed by atoms with Crippen molar-refractivity contribution in [1.29, 1.82) is 0 Å². The lowest BCUT2D eigenvalue weighted by atomic mass is 10.4. The summed E-state index contributed by atoms with van der Waals surface area (Å²) in [5, 5.41) is 2.07. The molecule has 0 saturated carbocycles. The van der Waals surface area contributed by atoms with Gasteiger partial charge in [0, 0.05) is 9.37 Å². The van der Waals surface area contributed by atoms with Gasteiger partial charge < -0.3 is 0 Å². The fourth-order valence-corrected chi connectivity index (χ4v) is 1.51. The summed E-state index contributed by atoms with van der Waals surface area (Å²) in [5.74, 6) is 0. The van der Waals surface area contributed by atoms with Gasteiger partial charge in [0.15, 0.2) is 0 Å². The summed E-state index contributed by atoms with van der Waals surface area (Å²) in [4.78, 5) is 1.27. The number of benzene rings is 1. The van der Waals surface area contributed by atoms with Crippen molar-refractivity contribution in [1.82, 2.24) is 0 Å². The van der Waals surface area contributed by atoms with Gasteiger partial charge >= 0.3 is 0 Å². The van der Waals surface area contributed by atoms with Gasteiger partial charge in [-0.25, -0.2) is 0 Å². The van der Waals surface area contributed by atoms with Crippen molar-refractivity contribution in [3.63, 3.8) is 0 Å². The highest BCUT2D eigenvalue weighted by atomic mass is 79.9. The molecule has 0 aromatic heterocycles. The lowest BCUT2D eigenvalue weighted by Crippen LogP contribution is -1.66. The molecule has 0 aliphatic rings. The van der Waals surface area contributed by atoms with Gasteiger partial charge in [0.05, 0.1) is 0 Å². The van der Waals surface area contributed by atoms with Crippen molar-refractivity contribution in [3.8, 4) is 0 Å². The standard InChI is InChI=1S/C9H9BrS/c1-2-7-11-9-5-3-8(10)4-6-9/h2-7H,1H3/b7-2+. The van der Waals surface area contributed by atoms with Gasteiger partial charge in [0.25, 0.3) is 0 Å². The Bertz CT molecular complexity index is 238. The van der Waals surface area contributed by atoms with Crippen LogP contribution in [0.5, 0.6) is 0 Å². The molecule has 0 amide bonds. The van der Waals surface area contributed by atoms with Gasteiger partial charge in [-0.05, 0) is 36.6 Å². The molecule has 0 N–H and O–H groups in total. The summed E-state index contributed by atoms with van der Waals surface area (Å²) in [6.45, 7) is 2.02. The highest BCUT2D eigenvalue weighted by Gasteiger charge is 1.88. The zero-order valence-corrected chi connectivity index (χ0v) is 8.65. The molecular formula is C9H9BrS. The second kappa shape index (κ2) is 4.62. The Labute approximate surface area is 79.8 Å². The lowest BCUT2D eigenvalue weighted by Gasteiger charge is -1.94. The van der Waals surface area contributed by atoms with Gasteiger partial charge in [-0.1, -0.05) is 33.8 Å². The van der Waals surface area contributed by atoms with Crippen LogP contribution in [0.2, 0.25) is 0 Å². The van der Waals surface area contributed by atoms with Gasteiger partial charge in [-0.3, -0.25) is 0 Å². The first-order valence-electron chi connectivity index (χ1n) is 3.36. The zero-order valence-electron chi connectivity index (χ0n) is 6.25. The third kappa shape index (κ3) is 3.12. The van der Waals surface area contributed by atoms with E-state index in [9.17, 15) is 0 Å². The molecule has 0 nitrogen and oxygen atoms in total. The van der Waals surface area contributed by atoms with Crippen LogP contribution in [0.3, 0.4) is 0 Å². The topological polar surface area (TPSA) is 0 Å². The molecule has 1 aromatic rings.